The minimum absolute atomic E-state index is 0.0124. The number of rotatable bonds is 5. The lowest BCUT2D eigenvalue weighted by Crippen LogP contribution is -2.41. The fraction of sp³-hybridized carbons (Fsp3) is 0.438. The normalized spacial score (nSPS) is 15.9. The molecular weight excluding hydrogens is 252 g/mol. The predicted molar refractivity (Wildman–Crippen MR) is 80.8 cm³/mol. The molecular formula is C16H22N2O2. The monoisotopic (exact) mass is 274 g/mol. The third kappa shape index (κ3) is 4.38. The minimum atomic E-state index is -0.0124. The molecule has 20 heavy (non-hydrogen) atoms. The molecule has 4 heteroatoms. The van der Waals surface area contributed by atoms with Gasteiger partial charge in [0.2, 0.25) is 0 Å². The Kier molecular flexibility index (Phi) is 5.62. The van der Waals surface area contributed by atoms with Crippen LogP contribution in [0, 0.1) is 5.92 Å². The van der Waals surface area contributed by atoms with Gasteiger partial charge >= 0.3 is 6.03 Å². The Balaban J connectivity index is 1.73. The number of piperidine rings is 1. The number of carbonyl (C=O) groups is 1. The first kappa shape index (κ1) is 14.6. The number of benzene rings is 1. The quantitative estimate of drug-likeness (QED) is 0.662. The summed E-state index contributed by atoms with van der Waals surface area (Å²) in [4.78, 5) is 14.0. The number of likely N-dealkylation sites (tertiary alicyclic amines) is 1. The van der Waals surface area contributed by atoms with E-state index in [4.69, 9.17) is 4.74 Å². The summed E-state index contributed by atoms with van der Waals surface area (Å²) in [5.41, 5.74) is 0.842. The van der Waals surface area contributed by atoms with Gasteiger partial charge in [-0.05, 0) is 30.9 Å². The van der Waals surface area contributed by atoms with Gasteiger partial charge in [0.05, 0.1) is 6.61 Å². The van der Waals surface area contributed by atoms with E-state index in [1.54, 1.807) is 6.08 Å². The van der Waals surface area contributed by atoms with Crippen LogP contribution in [0.15, 0.2) is 43.0 Å². The van der Waals surface area contributed by atoms with Gasteiger partial charge in [-0.3, -0.25) is 0 Å². The fourth-order valence-corrected chi connectivity index (χ4v) is 2.34. The number of para-hydroxylation sites is 1. The van der Waals surface area contributed by atoms with Crippen molar-refractivity contribution in [2.45, 2.75) is 12.8 Å². The lowest BCUT2D eigenvalue weighted by atomic mass is 9.98. The number of hydrogen-bond donors (Lipinski definition) is 1. The molecule has 1 N–H and O–H groups in total. The molecule has 4 nitrogen and oxygen atoms in total. The zero-order chi connectivity index (χ0) is 14.2. The number of nitrogens with zero attached hydrogens (tertiary/aromatic N) is 1. The second-order valence-corrected chi connectivity index (χ2v) is 5.05. The Labute approximate surface area is 120 Å². The standard InChI is InChI=1S/C16H22N2O2/c1-2-12-20-13-14-8-10-18(11-9-14)16(19)17-15-6-4-3-5-7-15/h2-7,14H,1,8-13H2,(H,17,19). The number of hydrogen-bond acceptors (Lipinski definition) is 2. The smallest absolute Gasteiger partial charge is 0.321 e. The fourth-order valence-electron chi connectivity index (χ4n) is 2.34. The molecule has 0 aliphatic carbocycles. The number of ether oxygens (including phenoxy) is 1. The van der Waals surface area contributed by atoms with Crippen molar-refractivity contribution in [1.82, 2.24) is 4.90 Å². The molecule has 1 aromatic rings. The van der Waals surface area contributed by atoms with Crippen molar-refractivity contribution in [2.75, 3.05) is 31.6 Å². The second kappa shape index (κ2) is 7.70. The van der Waals surface area contributed by atoms with Crippen molar-refractivity contribution in [2.24, 2.45) is 5.92 Å². The third-order valence-corrected chi connectivity index (χ3v) is 3.52. The average molecular weight is 274 g/mol. The predicted octanol–water partition coefficient (Wildman–Crippen LogP) is 3.13. The largest absolute Gasteiger partial charge is 0.377 e. The summed E-state index contributed by atoms with van der Waals surface area (Å²) >= 11 is 0. The number of amides is 2. The summed E-state index contributed by atoms with van der Waals surface area (Å²) < 4.78 is 5.48. The van der Waals surface area contributed by atoms with Gasteiger partial charge in [-0.15, -0.1) is 6.58 Å². The Morgan fingerprint density at radius 1 is 1.35 bits per heavy atom. The Morgan fingerprint density at radius 2 is 2.05 bits per heavy atom. The molecule has 1 fully saturated rings. The first-order chi connectivity index (χ1) is 9.79. The third-order valence-electron chi connectivity index (χ3n) is 3.52. The molecule has 1 aromatic carbocycles. The van der Waals surface area contributed by atoms with Crippen LogP contribution in [0.5, 0.6) is 0 Å². The summed E-state index contributed by atoms with van der Waals surface area (Å²) in [5, 5.41) is 2.92. The van der Waals surface area contributed by atoms with Gasteiger partial charge in [-0.25, -0.2) is 4.79 Å². The number of nitrogens with one attached hydrogen (secondary N) is 1. The van der Waals surface area contributed by atoms with Crippen molar-refractivity contribution in [3.05, 3.63) is 43.0 Å². The van der Waals surface area contributed by atoms with Gasteiger partial charge in [0.25, 0.3) is 0 Å². The first-order valence-electron chi connectivity index (χ1n) is 7.09. The molecule has 108 valence electrons. The van der Waals surface area contributed by atoms with Gasteiger partial charge < -0.3 is 15.0 Å². The van der Waals surface area contributed by atoms with Gasteiger partial charge in [0, 0.05) is 25.4 Å². The lowest BCUT2D eigenvalue weighted by Gasteiger charge is -2.31. The van der Waals surface area contributed by atoms with E-state index in [0.717, 1.165) is 38.2 Å². The van der Waals surface area contributed by atoms with Crippen LogP contribution in [-0.4, -0.2) is 37.2 Å². The van der Waals surface area contributed by atoms with Crippen LogP contribution in [0.1, 0.15) is 12.8 Å². The van der Waals surface area contributed by atoms with Crippen LogP contribution in [0.4, 0.5) is 10.5 Å². The van der Waals surface area contributed by atoms with E-state index < -0.39 is 0 Å². The number of carbonyl (C=O) groups excluding carboxylic acids is 1. The molecule has 0 spiro atoms. The molecule has 1 aliphatic rings. The highest BCUT2D eigenvalue weighted by Gasteiger charge is 2.22. The summed E-state index contributed by atoms with van der Waals surface area (Å²) in [6.45, 7) is 6.59. The Morgan fingerprint density at radius 3 is 2.70 bits per heavy atom. The topological polar surface area (TPSA) is 41.6 Å². The molecule has 1 saturated heterocycles. The SMILES string of the molecule is C=CCOCC1CCN(C(=O)Nc2ccccc2)CC1. The van der Waals surface area contributed by atoms with E-state index in [1.165, 1.54) is 0 Å². The average Bonchev–Trinajstić information content (AvgIpc) is 2.49. The highest BCUT2D eigenvalue weighted by Crippen LogP contribution is 2.18. The van der Waals surface area contributed by atoms with E-state index >= 15 is 0 Å². The van der Waals surface area contributed by atoms with Crippen molar-refractivity contribution >= 4 is 11.7 Å². The second-order valence-electron chi connectivity index (χ2n) is 5.05. The molecule has 2 amide bonds. The van der Waals surface area contributed by atoms with E-state index in [2.05, 4.69) is 11.9 Å². The molecule has 0 saturated carbocycles. The van der Waals surface area contributed by atoms with Crippen LogP contribution < -0.4 is 5.32 Å². The Bertz CT molecular complexity index is 425. The van der Waals surface area contributed by atoms with Crippen LogP contribution in [-0.2, 0) is 4.74 Å². The maximum absolute atomic E-state index is 12.1. The van der Waals surface area contributed by atoms with Crippen molar-refractivity contribution in [3.8, 4) is 0 Å². The zero-order valence-corrected chi connectivity index (χ0v) is 11.8. The molecule has 2 rings (SSSR count). The van der Waals surface area contributed by atoms with Gasteiger partial charge in [0.15, 0.2) is 0 Å². The lowest BCUT2D eigenvalue weighted by molar-refractivity contribution is 0.0906. The number of anilines is 1. The summed E-state index contributed by atoms with van der Waals surface area (Å²) in [6, 6.07) is 9.55. The van der Waals surface area contributed by atoms with Gasteiger partial charge in [-0.1, -0.05) is 24.3 Å². The van der Waals surface area contributed by atoms with E-state index in [-0.39, 0.29) is 6.03 Å². The van der Waals surface area contributed by atoms with E-state index in [9.17, 15) is 4.79 Å². The van der Waals surface area contributed by atoms with E-state index in [0.29, 0.717) is 12.5 Å². The molecule has 0 radical (unpaired) electrons. The van der Waals surface area contributed by atoms with Crippen molar-refractivity contribution in [3.63, 3.8) is 0 Å². The summed E-state index contributed by atoms with van der Waals surface area (Å²) in [6.07, 6.45) is 3.77. The van der Waals surface area contributed by atoms with Crippen molar-refractivity contribution < 1.29 is 9.53 Å². The molecule has 0 unspecified atom stereocenters. The maximum atomic E-state index is 12.1. The molecule has 0 aromatic heterocycles. The Hall–Kier alpha value is -1.81. The van der Waals surface area contributed by atoms with Gasteiger partial charge in [-0.2, -0.15) is 0 Å². The number of urea groups is 1. The van der Waals surface area contributed by atoms with Crippen LogP contribution in [0.2, 0.25) is 0 Å². The van der Waals surface area contributed by atoms with Crippen molar-refractivity contribution in [1.29, 1.82) is 0 Å². The molecule has 0 atom stereocenters. The zero-order valence-electron chi connectivity index (χ0n) is 11.8. The van der Waals surface area contributed by atoms with Crippen LogP contribution in [0.25, 0.3) is 0 Å². The van der Waals surface area contributed by atoms with E-state index in [1.807, 2.05) is 35.2 Å². The van der Waals surface area contributed by atoms with Crippen LogP contribution >= 0.6 is 0 Å². The summed E-state index contributed by atoms with van der Waals surface area (Å²) in [7, 11) is 0. The van der Waals surface area contributed by atoms with Crippen LogP contribution in [0.3, 0.4) is 0 Å². The summed E-state index contributed by atoms with van der Waals surface area (Å²) in [5.74, 6) is 0.552. The van der Waals surface area contributed by atoms with Gasteiger partial charge in [0.1, 0.15) is 0 Å². The molecule has 1 aliphatic heterocycles. The molecule has 0 bridgehead atoms. The first-order valence-corrected chi connectivity index (χ1v) is 7.09. The molecule has 1 heterocycles. The minimum Gasteiger partial charge on any atom is -0.377 e. The maximum Gasteiger partial charge on any atom is 0.321 e. The highest BCUT2D eigenvalue weighted by molar-refractivity contribution is 5.89. The highest BCUT2D eigenvalue weighted by atomic mass is 16.5.